The number of hydrogen-bond donors (Lipinski definition) is 1. The van der Waals surface area contributed by atoms with Crippen molar-refractivity contribution in [3.8, 4) is 5.75 Å². The summed E-state index contributed by atoms with van der Waals surface area (Å²) in [4.78, 5) is 6.54. The van der Waals surface area contributed by atoms with E-state index in [2.05, 4.69) is 4.98 Å². The van der Waals surface area contributed by atoms with E-state index in [4.69, 9.17) is 10.5 Å². The van der Waals surface area contributed by atoms with Gasteiger partial charge in [0.15, 0.2) is 0 Å². The number of benzene rings is 1. The lowest BCUT2D eigenvalue weighted by molar-refractivity contribution is 0.414. The van der Waals surface area contributed by atoms with Crippen LogP contribution in [0.3, 0.4) is 0 Å². The van der Waals surface area contributed by atoms with Crippen LogP contribution in [0.25, 0.3) is 0 Å². The molecule has 1 heterocycles. The van der Waals surface area contributed by atoms with Gasteiger partial charge < -0.3 is 10.5 Å². The molecule has 2 N–H and O–H groups in total. The lowest BCUT2D eigenvalue weighted by Crippen LogP contribution is -1.90. The Kier molecular flexibility index (Phi) is 3.91. The molecule has 1 aromatic heterocycles. The summed E-state index contributed by atoms with van der Waals surface area (Å²) < 4.78 is 5.19. The van der Waals surface area contributed by atoms with Gasteiger partial charge in [0.1, 0.15) is 5.75 Å². The number of nitrogens with two attached hydrogens (primary N) is 1. The van der Waals surface area contributed by atoms with E-state index in [0.29, 0.717) is 0 Å². The Morgan fingerprint density at radius 2 is 2.29 bits per heavy atom. The van der Waals surface area contributed by atoms with Gasteiger partial charge in [-0.1, -0.05) is 0 Å². The van der Waals surface area contributed by atoms with E-state index in [1.165, 1.54) is 4.88 Å². The van der Waals surface area contributed by atoms with Gasteiger partial charge in [-0.2, -0.15) is 0 Å². The average Bonchev–Trinajstić information content (AvgIpc) is 2.74. The molecule has 0 bridgehead atoms. The molecule has 0 fully saturated rings. The molecule has 0 spiro atoms. The summed E-state index contributed by atoms with van der Waals surface area (Å²) in [6, 6.07) is 5.71. The van der Waals surface area contributed by atoms with E-state index < -0.39 is 0 Å². The van der Waals surface area contributed by atoms with Gasteiger partial charge >= 0.3 is 0 Å². The number of anilines is 1. The Hall–Kier alpha value is -1.20. The third-order valence-electron chi connectivity index (χ3n) is 2.26. The van der Waals surface area contributed by atoms with Crippen LogP contribution in [-0.2, 0) is 5.75 Å². The number of thiazole rings is 1. The first-order chi connectivity index (χ1) is 8.19. The molecule has 0 saturated carbocycles. The van der Waals surface area contributed by atoms with Crippen molar-refractivity contribution in [2.75, 3.05) is 12.8 Å². The van der Waals surface area contributed by atoms with Gasteiger partial charge in [-0.3, -0.25) is 0 Å². The maximum Gasteiger partial charge on any atom is 0.120 e. The van der Waals surface area contributed by atoms with Crippen LogP contribution in [0, 0.1) is 6.92 Å². The van der Waals surface area contributed by atoms with Gasteiger partial charge in [-0.15, -0.1) is 23.1 Å². The first-order valence-corrected chi connectivity index (χ1v) is 6.97. The van der Waals surface area contributed by atoms with Crippen molar-refractivity contribution in [3.63, 3.8) is 0 Å². The van der Waals surface area contributed by atoms with E-state index in [1.54, 1.807) is 30.2 Å². The van der Waals surface area contributed by atoms with Gasteiger partial charge in [-0.05, 0) is 25.1 Å². The Morgan fingerprint density at radius 1 is 1.47 bits per heavy atom. The zero-order valence-corrected chi connectivity index (χ0v) is 11.4. The Bertz CT molecular complexity index is 511. The molecule has 0 amide bonds. The van der Waals surface area contributed by atoms with Gasteiger partial charge in [-0.25, -0.2) is 4.98 Å². The molecule has 0 unspecified atom stereocenters. The first-order valence-electron chi connectivity index (χ1n) is 5.16. The van der Waals surface area contributed by atoms with Crippen molar-refractivity contribution in [1.29, 1.82) is 0 Å². The van der Waals surface area contributed by atoms with E-state index in [1.807, 2.05) is 31.3 Å². The topological polar surface area (TPSA) is 48.1 Å². The Morgan fingerprint density at radius 3 is 2.94 bits per heavy atom. The molecule has 2 rings (SSSR count). The van der Waals surface area contributed by atoms with Crippen LogP contribution in [0.1, 0.15) is 9.88 Å². The van der Waals surface area contributed by atoms with Crippen molar-refractivity contribution in [2.45, 2.75) is 17.6 Å². The Balaban J connectivity index is 2.07. The second-order valence-corrected chi connectivity index (χ2v) is 5.87. The smallest absolute Gasteiger partial charge is 0.120 e. The highest BCUT2D eigenvalue weighted by Crippen LogP contribution is 2.32. The minimum absolute atomic E-state index is 0.789. The molecule has 0 saturated heterocycles. The number of nitrogen functional groups attached to an aromatic ring is 1. The zero-order valence-electron chi connectivity index (χ0n) is 9.77. The molecule has 3 nitrogen and oxygen atoms in total. The van der Waals surface area contributed by atoms with Crippen LogP contribution in [0.15, 0.2) is 29.3 Å². The van der Waals surface area contributed by atoms with Gasteiger partial charge in [0.05, 0.1) is 12.1 Å². The maximum atomic E-state index is 5.92. The predicted molar refractivity (Wildman–Crippen MR) is 73.8 cm³/mol. The molecular formula is C12H14N2OS2. The average molecular weight is 266 g/mol. The number of hydrogen-bond acceptors (Lipinski definition) is 5. The molecule has 0 aliphatic rings. The van der Waals surface area contributed by atoms with Crippen molar-refractivity contribution < 1.29 is 4.74 Å². The highest BCUT2D eigenvalue weighted by molar-refractivity contribution is 7.98. The number of methoxy groups -OCH3 is 1. The van der Waals surface area contributed by atoms with Crippen LogP contribution in [0.4, 0.5) is 5.69 Å². The molecule has 5 heteroatoms. The van der Waals surface area contributed by atoms with Gasteiger partial charge in [0.2, 0.25) is 0 Å². The molecule has 0 atom stereocenters. The Labute approximate surface area is 109 Å². The summed E-state index contributed by atoms with van der Waals surface area (Å²) in [5.74, 6) is 1.73. The molecule has 0 aliphatic heterocycles. The molecule has 1 aromatic carbocycles. The standard InChI is InChI=1S/C12H14N2OS2/c1-8-14-6-10(17-8)7-16-12-5-9(15-2)3-4-11(12)13/h3-6H,7,13H2,1-2H3. The fraction of sp³-hybridized carbons (Fsp3) is 0.250. The summed E-state index contributed by atoms with van der Waals surface area (Å²) in [5, 5.41) is 1.10. The quantitative estimate of drug-likeness (QED) is 0.681. The fourth-order valence-electron chi connectivity index (χ4n) is 1.39. The third kappa shape index (κ3) is 3.14. The SMILES string of the molecule is COc1ccc(N)c(SCc2cnc(C)s2)c1. The van der Waals surface area contributed by atoms with E-state index in [-0.39, 0.29) is 0 Å². The minimum atomic E-state index is 0.789. The molecule has 0 radical (unpaired) electrons. The second-order valence-electron chi connectivity index (χ2n) is 3.54. The summed E-state index contributed by atoms with van der Waals surface area (Å²) in [7, 11) is 1.66. The van der Waals surface area contributed by atoms with Crippen LogP contribution in [0.2, 0.25) is 0 Å². The monoisotopic (exact) mass is 266 g/mol. The van der Waals surface area contributed by atoms with Crippen LogP contribution in [-0.4, -0.2) is 12.1 Å². The normalized spacial score (nSPS) is 10.5. The summed E-state index contributed by atoms with van der Waals surface area (Å²) in [5.41, 5.74) is 6.71. The number of rotatable bonds is 4. The summed E-state index contributed by atoms with van der Waals surface area (Å²) in [6.07, 6.45) is 1.92. The number of ether oxygens (including phenoxy) is 1. The van der Waals surface area contributed by atoms with Crippen molar-refractivity contribution >= 4 is 28.8 Å². The van der Waals surface area contributed by atoms with Gasteiger partial charge in [0.25, 0.3) is 0 Å². The molecule has 0 aliphatic carbocycles. The van der Waals surface area contributed by atoms with Crippen LogP contribution < -0.4 is 10.5 Å². The van der Waals surface area contributed by atoms with Crippen LogP contribution in [0.5, 0.6) is 5.75 Å². The van der Waals surface area contributed by atoms with E-state index >= 15 is 0 Å². The number of aromatic nitrogens is 1. The van der Waals surface area contributed by atoms with E-state index in [0.717, 1.165) is 27.1 Å². The molecule has 17 heavy (non-hydrogen) atoms. The minimum Gasteiger partial charge on any atom is -0.497 e. The molecule has 2 aromatic rings. The number of thioether (sulfide) groups is 1. The lowest BCUT2D eigenvalue weighted by atomic mass is 10.3. The zero-order chi connectivity index (χ0) is 12.3. The first kappa shape index (κ1) is 12.3. The molecule has 90 valence electrons. The highest BCUT2D eigenvalue weighted by atomic mass is 32.2. The number of nitrogens with zero attached hydrogens (tertiary/aromatic N) is 1. The largest absolute Gasteiger partial charge is 0.497 e. The lowest BCUT2D eigenvalue weighted by Gasteiger charge is -2.06. The van der Waals surface area contributed by atoms with Gasteiger partial charge in [0, 0.05) is 27.4 Å². The van der Waals surface area contributed by atoms with Crippen molar-refractivity contribution in [2.24, 2.45) is 0 Å². The molecular weight excluding hydrogens is 252 g/mol. The maximum absolute atomic E-state index is 5.92. The van der Waals surface area contributed by atoms with Crippen molar-refractivity contribution in [3.05, 3.63) is 34.3 Å². The third-order valence-corrected chi connectivity index (χ3v) is 4.48. The predicted octanol–water partition coefficient (Wildman–Crippen LogP) is 3.33. The number of aryl methyl sites for hydroxylation is 1. The van der Waals surface area contributed by atoms with Crippen molar-refractivity contribution in [1.82, 2.24) is 4.98 Å². The highest BCUT2D eigenvalue weighted by Gasteiger charge is 2.04. The van der Waals surface area contributed by atoms with E-state index in [9.17, 15) is 0 Å². The summed E-state index contributed by atoms with van der Waals surface area (Å²) in [6.45, 7) is 2.01. The second kappa shape index (κ2) is 5.42. The summed E-state index contributed by atoms with van der Waals surface area (Å²) >= 11 is 3.43. The van der Waals surface area contributed by atoms with Crippen LogP contribution >= 0.6 is 23.1 Å². The fourth-order valence-corrected chi connectivity index (χ4v) is 3.20.